The summed E-state index contributed by atoms with van der Waals surface area (Å²) in [5.41, 5.74) is 1.32. The molecule has 0 saturated heterocycles. The Morgan fingerprint density at radius 1 is 1.40 bits per heavy atom. The van der Waals surface area contributed by atoms with Crippen molar-refractivity contribution in [1.82, 2.24) is 9.55 Å². The summed E-state index contributed by atoms with van der Waals surface area (Å²) in [4.78, 5) is 4.42. The SMILES string of the molecule is CCOCC(C)n1c(C(C)Cl)nc2cc(F)c(Cl)cc21. The van der Waals surface area contributed by atoms with Crippen molar-refractivity contribution >= 4 is 34.2 Å². The normalized spacial score (nSPS) is 14.7. The Bertz CT molecular complexity index is 613. The second-order valence-corrected chi connectivity index (χ2v) is 5.78. The van der Waals surface area contributed by atoms with E-state index in [1.54, 1.807) is 6.07 Å². The van der Waals surface area contributed by atoms with Gasteiger partial charge in [0.1, 0.15) is 11.6 Å². The molecule has 6 heteroatoms. The van der Waals surface area contributed by atoms with E-state index in [2.05, 4.69) is 4.98 Å². The van der Waals surface area contributed by atoms with Gasteiger partial charge in [0.2, 0.25) is 0 Å². The van der Waals surface area contributed by atoms with Crippen molar-refractivity contribution in [2.24, 2.45) is 0 Å². The van der Waals surface area contributed by atoms with E-state index in [1.807, 2.05) is 25.3 Å². The van der Waals surface area contributed by atoms with Crippen molar-refractivity contribution in [3.05, 3.63) is 28.8 Å². The first kappa shape index (κ1) is 15.5. The van der Waals surface area contributed by atoms with Gasteiger partial charge < -0.3 is 9.30 Å². The molecule has 0 radical (unpaired) electrons. The van der Waals surface area contributed by atoms with E-state index < -0.39 is 5.82 Å². The molecule has 0 aliphatic heterocycles. The van der Waals surface area contributed by atoms with Gasteiger partial charge in [0.05, 0.1) is 34.1 Å². The lowest BCUT2D eigenvalue weighted by atomic mass is 10.2. The van der Waals surface area contributed by atoms with Gasteiger partial charge in [-0.2, -0.15) is 0 Å². The molecular formula is C14H17Cl2FN2O. The topological polar surface area (TPSA) is 27.1 Å². The summed E-state index contributed by atoms with van der Waals surface area (Å²) in [6, 6.07) is 2.96. The molecule has 1 aromatic heterocycles. The first-order chi connectivity index (χ1) is 9.45. The second kappa shape index (κ2) is 6.29. The van der Waals surface area contributed by atoms with Crippen LogP contribution < -0.4 is 0 Å². The summed E-state index contributed by atoms with van der Waals surface area (Å²) in [5.74, 6) is 0.214. The number of halogens is 3. The molecule has 1 aromatic carbocycles. The van der Waals surface area contributed by atoms with Crippen LogP contribution in [-0.4, -0.2) is 22.8 Å². The summed E-state index contributed by atoms with van der Waals surface area (Å²) >= 11 is 12.1. The molecule has 0 N–H and O–H groups in total. The molecule has 2 aromatic rings. The quantitative estimate of drug-likeness (QED) is 0.745. The monoisotopic (exact) mass is 318 g/mol. The average Bonchev–Trinajstić information content (AvgIpc) is 2.75. The van der Waals surface area contributed by atoms with E-state index in [4.69, 9.17) is 27.9 Å². The maximum absolute atomic E-state index is 13.6. The minimum Gasteiger partial charge on any atom is -0.380 e. The lowest BCUT2D eigenvalue weighted by Gasteiger charge is -2.18. The lowest BCUT2D eigenvalue weighted by molar-refractivity contribution is 0.119. The van der Waals surface area contributed by atoms with Crippen LogP contribution in [0.25, 0.3) is 11.0 Å². The molecular weight excluding hydrogens is 302 g/mol. The Balaban J connectivity index is 2.58. The predicted molar refractivity (Wildman–Crippen MR) is 80.2 cm³/mol. The fourth-order valence-corrected chi connectivity index (χ4v) is 2.53. The summed E-state index contributed by atoms with van der Waals surface area (Å²) in [6.45, 7) is 6.96. The molecule has 0 amide bonds. The van der Waals surface area contributed by atoms with Crippen LogP contribution in [0.4, 0.5) is 4.39 Å². The smallest absolute Gasteiger partial charge is 0.144 e. The average molecular weight is 319 g/mol. The molecule has 0 fully saturated rings. The Morgan fingerprint density at radius 3 is 2.70 bits per heavy atom. The molecule has 0 bridgehead atoms. The Labute approximate surface area is 127 Å². The molecule has 3 nitrogen and oxygen atoms in total. The van der Waals surface area contributed by atoms with Gasteiger partial charge in [-0.3, -0.25) is 0 Å². The Hall–Kier alpha value is -0.840. The number of aromatic nitrogens is 2. The van der Waals surface area contributed by atoms with Crippen LogP contribution in [0.2, 0.25) is 5.02 Å². The van der Waals surface area contributed by atoms with E-state index in [0.29, 0.717) is 24.6 Å². The summed E-state index contributed by atoms with van der Waals surface area (Å²) in [7, 11) is 0. The number of nitrogens with zero attached hydrogens (tertiary/aromatic N) is 2. The third kappa shape index (κ3) is 2.92. The van der Waals surface area contributed by atoms with E-state index in [9.17, 15) is 4.39 Å². The Morgan fingerprint density at radius 2 is 2.10 bits per heavy atom. The second-order valence-electron chi connectivity index (χ2n) is 4.72. The van der Waals surface area contributed by atoms with Crippen LogP contribution in [0.3, 0.4) is 0 Å². The summed E-state index contributed by atoms with van der Waals surface area (Å²) in [6.07, 6.45) is 0. The molecule has 0 saturated carbocycles. The molecule has 2 rings (SSSR count). The number of alkyl halides is 1. The van der Waals surface area contributed by atoms with Gasteiger partial charge in [-0.05, 0) is 26.8 Å². The summed E-state index contributed by atoms with van der Waals surface area (Å²) in [5, 5.41) is -0.204. The zero-order valence-corrected chi connectivity index (χ0v) is 13.2. The van der Waals surface area contributed by atoms with Crippen molar-refractivity contribution in [2.45, 2.75) is 32.2 Å². The van der Waals surface area contributed by atoms with Crippen molar-refractivity contribution < 1.29 is 9.13 Å². The molecule has 0 aliphatic carbocycles. The van der Waals surface area contributed by atoms with Gasteiger partial charge >= 0.3 is 0 Å². The molecule has 2 atom stereocenters. The van der Waals surface area contributed by atoms with E-state index >= 15 is 0 Å². The third-order valence-electron chi connectivity index (χ3n) is 3.12. The molecule has 0 aliphatic rings. The predicted octanol–water partition coefficient (Wildman–Crippen LogP) is 4.73. The third-order valence-corrected chi connectivity index (χ3v) is 3.60. The van der Waals surface area contributed by atoms with E-state index in [-0.39, 0.29) is 16.4 Å². The van der Waals surface area contributed by atoms with Crippen molar-refractivity contribution in [3.8, 4) is 0 Å². The molecule has 2 unspecified atom stereocenters. The molecule has 1 heterocycles. The zero-order valence-electron chi connectivity index (χ0n) is 11.7. The van der Waals surface area contributed by atoms with Gasteiger partial charge in [-0.1, -0.05) is 11.6 Å². The maximum atomic E-state index is 13.6. The highest BCUT2D eigenvalue weighted by Crippen LogP contribution is 2.31. The van der Waals surface area contributed by atoms with Crippen LogP contribution in [0.5, 0.6) is 0 Å². The fourth-order valence-electron chi connectivity index (χ4n) is 2.22. The van der Waals surface area contributed by atoms with Gasteiger partial charge in [0, 0.05) is 12.7 Å². The van der Waals surface area contributed by atoms with Crippen molar-refractivity contribution in [2.75, 3.05) is 13.2 Å². The number of hydrogen-bond acceptors (Lipinski definition) is 2. The van der Waals surface area contributed by atoms with Crippen molar-refractivity contribution in [1.29, 1.82) is 0 Å². The number of imidazole rings is 1. The zero-order chi connectivity index (χ0) is 14.9. The minimum atomic E-state index is -0.477. The molecule has 110 valence electrons. The van der Waals surface area contributed by atoms with Crippen LogP contribution in [0.15, 0.2) is 12.1 Å². The van der Waals surface area contributed by atoms with Crippen LogP contribution in [0, 0.1) is 5.82 Å². The molecule has 0 spiro atoms. The van der Waals surface area contributed by atoms with Gasteiger partial charge in [-0.25, -0.2) is 9.37 Å². The number of ether oxygens (including phenoxy) is 1. The minimum absolute atomic E-state index is 0.0395. The number of hydrogen-bond donors (Lipinski definition) is 0. The maximum Gasteiger partial charge on any atom is 0.144 e. The fraction of sp³-hybridized carbons (Fsp3) is 0.500. The number of rotatable bonds is 5. The lowest BCUT2D eigenvalue weighted by Crippen LogP contribution is -2.15. The highest BCUT2D eigenvalue weighted by molar-refractivity contribution is 6.31. The van der Waals surface area contributed by atoms with Crippen molar-refractivity contribution in [3.63, 3.8) is 0 Å². The largest absolute Gasteiger partial charge is 0.380 e. The highest BCUT2D eigenvalue weighted by Gasteiger charge is 2.20. The standard InChI is InChI=1S/C14H17Cl2FN2O/c1-4-20-7-8(2)19-13-5-10(16)11(17)6-12(13)18-14(19)9(3)15/h5-6,8-9H,4,7H2,1-3H3. The van der Waals surface area contributed by atoms with Crippen LogP contribution in [-0.2, 0) is 4.74 Å². The molecule has 20 heavy (non-hydrogen) atoms. The van der Waals surface area contributed by atoms with Gasteiger partial charge in [0.15, 0.2) is 0 Å². The Kier molecular flexibility index (Phi) is 4.89. The van der Waals surface area contributed by atoms with Crippen LogP contribution >= 0.6 is 23.2 Å². The highest BCUT2D eigenvalue weighted by atomic mass is 35.5. The number of fused-ring (bicyclic) bond motifs is 1. The number of benzene rings is 1. The van der Waals surface area contributed by atoms with Gasteiger partial charge in [0.25, 0.3) is 0 Å². The first-order valence-corrected chi connectivity index (χ1v) is 7.35. The van der Waals surface area contributed by atoms with Gasteiger partial charge in [-0.15, -0.1) is 11.6 Å². The summed E-state index contributed by atoms with van der Waals surface area (Å²) < 4.78 is 21.0. The van der Waals surface area contributed by atoms with E-state index in [0.717, 1.165) is 5.52 Å². The van der Waals surface area contributed by atoms with E-state index in [1.165, 1.54) is 6.07 Å². The van der Waals surface area contributed by atoms with Crippen LogP contribution in [0.1, 0.15) is 38.0 Å². The first-order valence-electron chi connectivity index (χ1n) is 6.54.